The van der Waals surface area contributed by atoms with Crippen molar-refractivity contribution in [2.24, 2.45) is 0 Å². The summed E-state index contributed by atoms with van der Waals surface area (Å²) in [7, 11) is -2.58. The average Bonchev–Trinajstić information content (AvgIpc) is 3.21. The predicted molar refractivity (Wildman–Crippen MR) is 111 cm³/mol. The van der Waals surface area contributed by atoms with E-state index in [0.717, 1.165) is 11.1 Å². The van der Waals surface area contributed by atoms with Gasteiger partial charge in [0.15, 0.2) is 11.5 Å². The molecule has 0 saturated carbocycles. The molecule has 0 amide bonds. The number of nitrogens with one attached hydrogen (secondary N) is 1. The number of carbonyl (C=O) groups excluding carboxylic acids is 1. The molecule has 0 fully saturated rings. The van der Waals surface area contributed by atoms with E-state index in [1.54, 1.807) is 25.1 Å². The van der Waals surface area contributed by atoms with E-state index >= 15 is 0 Å². The monoisotopic (exact) mass is 430 g/mol. The highest BCUT2D eigenvalue weighted by Gasteiger charge is 2.23. The Hall–Kier alpha value is -3.33. The van der Waals surface area contributed by atoms with Crippen LogP contribution >= 0.6 is 0 Å². The van der Waals surface area contributed by atoms with Crippen molar-refractivity contribution in [3.63, 3.8) is 0 Å². The highest BCUT2D eigenvalue weighted by atomic mass is 32.2. The second-order valence-electron chi connectivity index (χ2n) is 6.52. The molecule has 8 nitrogen and oxygen atoms in total. The lowest BCUT2D eigenvalue weighted by Gasteiger charge is -2.15. The molecule has 3 aromatic rings. The van der Waals surface area contributed by atoms with Gasteiger partial charge in [-0.3, -0.25) is 4.72 Å². The summed E-state index contributed by atoms with van der Waals surface area (Å²) in [6, 6.07) is 11.3. The first-order valence-electron chi connectivity index (χ1n) is 9.18. The minimum atomic E-state index is -3.97. The van der Waals surface area contributed by atoms with Crippen molar-refractivity contribution in [3.8, 4) is 17.1 Å². The fourth-order valence-electron chi connectivity index (χ4n) is 2.81. The van der Waals surface area contributed by atoms with Crippen LogP contribution in [0.3, 0.4) is 0 Å². The van der Waals surface area contributed by atoms with Gasteiger partial charge in [0, 0.05) is 11.6 Å². The summed E-state index contributed by atoms with van der Waals surface area (Å²) in [6.45, 7) is 5.63. The van der Waals surface area contributed by atoms with Gasteiger partial charge in [-0.2, -0.15) is 0 Å². The van der Waals surface area contributed by atoms with E-state index in [0.29, 0.717) is 11.3 Å². The molecule has 0 aliphatic heterocycles. The number of anilines is 1. The van der Waals surface area contributed by atoms with Crippen molar-refractivity contribution >= 4 is 21.7 Å². The number of aromatic nitrogens is 1. The van der Waals surface area contributed by atoms with Gasteiger partial charge in [-0.25, -0.2) is 13.2 Å². The molecule has 9 heteroatoms. The fourth-order valence-corrected chi connectivity index (χ4v) is 4.13. The molecular weight excluding hydrogens is 408 g/mol. The SMILES string of the molecule is CCOC(=O)c1cc(-c2ccc(OC)c(S(=O)(=O)Nc3cccc(C)c3C)c2)on1. The number of benzene rings is 2. The second-order valence-corrected chi connectivity index (χ2v) is 8.17. The zero-order valence-corrected chi connectivity index (χ0v) is 17.9. The molecule has 1 aromatic heterocycles. The molecule has 0 unspecified atom stereocenters. The van der Waals surface area contributed by atoms with Gasteiger partial charge >= 0.3 is 5.97 Å². The summed E-state index contributed by atoms with van der Waals surface area (Å²) < 4.78 is 44.2. The zero-order chi connectivity index (χ0) is 21.9. The molecule has 2 aromatic carbocycles. The Labute approximate surface area is 174 Å². The van der Waals surface area contributed by atoms with E-state index in [1.165, 1.54) is 25.3 Å². The molecule has 1 heterocycles. The quantitative estimate of drug-likeness (QED) is 0.566. The van der Waals surface area contributed by atoms with Crippen LogP contribution in [0.5, 0.6) is 5.75 Å². The van der Waals surface area contributed by atoms with Crippen LogP contribution in [-0.2, 0) is 14.8 Å². The maximum atomic E-state index is 13.1. The molecular formula is C21H22N2O6S. The third-order valence-electron chi connectivity index (χ3n) is 4.58. The lowest BCUT2D eigenvalue weighted by atomic mass is 10.1. The molecule has 0 spiro atoms. The minimum Gasteiger partial charge on any atom is -0.495 e. The zero-order valence-electron chi connectivity index (χ0n) is 17.1. The Morgan fingerprint density at radius 1 is 1.17 bits per heavy atom. The average molecular weight is 430 g/mol. The van der Waals surface area contributed by atoms with E-state index < -0.39 is 16.0 Å². The summed E-state index contributed by atoms with van der Waals surface area (Å²) in [5, 5.41) is 3.69. The largest absolute Gasteiger partial charge is 0.495 e. The Morgan fingerprint density at radius 2 is 1.93 bits per heavy atom. The van der Waals surface area contributed by atoms with Crippen LogP contribution in [0.4, 0.5) is 5.69 Å². The summed E-state index contributed by atoms with van der Waals surface area (Å²) in [4.78, 5) is 11.7. The molecule has 3 rings (SSSR count). The first-order chi connectivity index (χ1) is 14.3. The Morgan fingerprint density at radius 3 is 2.63 bits per heavy atom. The molecule has 0 aliphatic carbocycles. The lowest BCUT2D eigenvalue weighted by Crippen LogP contribution is -2.15. The number of nitrogens with zero attached hydrogens (tertiary/aromatic N) is 1. The third kappa shape index (κ3) is 4.30. The lowest BCUT2D eigenvalue weighted by molar-refractivity contribution is 0.0514. The number of hydrogen-bond acceptors (Lipinski definition) is 7. The van der Waals surface area contributed by atoms with Gasteiger partial charge in [-0.05, 0) is 56.2 Å². The van der Waals surface area contributed by atoms with Gasteiger partial charge in [0.2, 0.25) is 0 Å². The van der Waals surface area contributed by atoms with Gasteiger partial charge in [0.1, 0.15) is 10.6 Å². The topological polar surface area (TPSA) is 108 Å². The van der Waals surface area contributed by atoms with Gasteiger partial charge < -0.3 is 14.0 Å². The van der Waals surface area contributed by atoms with Crippen LogP contribution < -0.4 is 9.46 Å². The standard InChI is InChI=1S/C21H22N2O6S/c1-5-28-21(24)17-12-19(29-22-17)15-9-10-18(27-4)20(11-15)30(25,26)23-16-8-6-7-13(2)14(16)3/h6-12,23H,5H2,1-4H3. The number of ether oxygens (including phenoxy) is 2. The number of aryl methyl sites for hydroxylation is 1. The number of sulfonamides is 1. The van der Waals surface area contributed by atoms with Crippen molar-refractivity contribution in [2.75, 3.05) is 18.4 Å². The third-order valence-corrected chi connectivity index (χ3v) is 5.97. The summed E-state index contributed by atoms with van der Waals surface area (Å²) >= 11 is 0. The first-order valence-corrected chi connectivity index (χ1v) is 10.7. The van der Waals surface area contributed by atoms with Gasteiger partial charge in [-0.15, -0.1) is 0 Å². The molecule has 0 bridgehead atoms. The van der Waals surface area contributed by atoms with Crippen LogP contribution in [0.2, 0.25) is 0 Å². The number of carbonyl (C=O) groups is 1. The number of esters is 1. The molecule has 0 saturated heterocycles. The number of rotatable bonds is 7. The summed E-state index contributed by atoms with van der Waals surface area (Å²) in [5.41, 5.74) is 2.68. The Kier molecular flexibility index (Phi) is 6.12. The van der Waals surface area contributed by atoms with Gasteiger partial charge in [0.05, 0.1) is 19.4 Å². The van der Waals surface area contributed by atoms with E-state index in [-0.39, 0.29) is 28.7 Å². The normalized spacial score (nSPS) is 11.2. The predicted octanol–water partition coefficient (Wildman–Crippen LogP) is 3.94. The van der Waals surface area contributed by atoms with E-state index in [1.807, 2.05) is 19.9 Å². The fraction of sp³-hybridized carbons (Fsp3) is 0.238. The van der Waals surface area contributed by atoms with Crippen molar-refractivity contribution in [3.05, 3.63) is 59.3 Å². The summed E-state index contributed by atoms with van der Waals surface area (Å²) in [5.74, 6) is -0.226. The van der Waals surface area contributed by atoms with Crippen molar-refractivity contribution in [2.45, 2.75) is 25.7 Å². The first kappa shape index (κ1) is 21.4. The van der Waals surface area contributed by atoms with Crippen LogP contribution in [0.1, 0.15) is 28.5 Å². The smallest absolute Gasteiger partial charge is 0.360 e. The summed E-state index contributed by atoms with van der Waals surface area (Å²) in [6.07, 6.45) is 0. The highest BCUT2D eigenvalue weighted by Crippen LogP contribution is 2.32. The Balaban J connectivity index is 2.00. The second kappa shape index (κ2) is 8.58. The van der Waals surface area contributed by atoms with E-state index in [2.05, 4.69) is 9.88 Å². The van der Waals surface area contributed by atoms with Crippen LogP contribution in [-0.4, -0.2) is 33.3 Å². The van der Waals surface area contributed by atoms with Crippen LogP contribution in [0.15, 0.2) is 51.9 Å². The molecule has 0 radical (unpaired) electrons. The number of hydrogen-bond donors (Lipinski definition) is 1. The molecule has 0 aliphatic rings. The van der Waals surface area contributed by atoms with Crippen LogP contribution in [0.25, 0.3) is 11.3 Å². The molecule has 30 heavy (non-hydrogen) atoms. The Bertz CT molecular complexity index is 1180. The van der Waals surface area contributed by atoms with Crippen molar-refractivity contribution in [1.29, 1.82) is 0 Å². The van der Waals surface area contributed by atoms with Crippen LogP contribution in [0, 0.1) is 13.8 Å². The molecule has 0 atom stereocenters. The highest BCUT2D eigenvalue weighted by molar-refractivity contribution is 7.92. The molecule has 158 valence electrons. The van der Waals surface area contributed by atoms with Gasteiger partial charge in [-0.1, -0.05) is 17.3 Å². The maximum Gasteiger partial charge on any atom is 0.360 e. The molecule has 1 N–H and O–H groups in total. The van der Waals surface area contributed by atoms with Crippen molar-refractivity contribution in [1.82, 2.24) is 5.16 Å². The maximum absolute atomic E-state index is 13.1. The number of methoxy groups -OCH3 is 1. The van der Waals surface area contributed by atoms with Crippen molar-refractivity contribution < 1.29 is 27.2 Å². The van der Waals surface area contributed by atoms with Gasteiger partial charge in [0.25, 0.3) is 10.0 Å². The van der Waals surface area contributed by atoms with E-state index in [4.69, 9.17) is 14.0 Å². The van der Waals surface area contributed by atoms with E-state index in [9.17, 15) is 13.2 Å². The minimum absolute atomic E-state index is 0.000542.